The van der Waals surface area contributed by atoms with Crippen LogP contribution in [0.1, 0.15) is 23.9 Å². The number of pyridine rings is 1. The molecule has 0 spiro atoms. The molecule has 3 N–H and O–H groups in total. The van der Waals surface area contributed by atoms with Gasteiger partial charge in [0.25, 0.3) is 5.56 Å². The first kappa shape index (κ1) is 22.8. The van der Waals surface area contributed by atoms with E-state index < -0.39 is 0 Å². The van der Waals surface area contributed by atoms with Gasteiger partial charge in [0, 0.05) is 18.4 Å². The van der Waals surface area contributed by atoms with Gasteiger partial charge in [0.1, 0.15) is 17.5 Å². The number of anilines is 2. The van der Waals surface area contributed by atoms with Crippen LogP contribution < -0.4 is 16.6 Å². The van der Waals surface area contributed by atoms with Gasteiger partial charge in [-0.1, -0.05) is 48.9 Å². The molecule has 4 rings (SSSR count). The second kappa shape index (κ2) is 9.94. The van der Waals surface area contributed by atoms with E-state index in [2.05, 4.69) is 15.3 Å². The minimum Gasteiger partial charge on any atom is -0.382 e. The van der Waals surface area contributed by atoms with Crippen molar-refractivity contribution in [3.05, 3.63) is 86.9 Å². The lowest BCUT2D eigenvalue weighted by molar-refractivity contribution is 0.889. The van der Waals surface area contributed by atoms with Gasteiger partial charge in [-0.15, -0.1) is 0 Å². The van der Waals surface area contributed by atoms with Crippen molar-refractivity contribution >= 4 is 34.1 Å². The number of aromatic nitrogens is 3. The first-order chi connectivity index (χ1) is 15.4. The first-order valence-electron chi connectivity index (χ1n) is 10.0. The summed E-state index contributed by atoms with van der Waals surface area (Å²) in [5, 5.41) is 13.4. The lowest BCUT2D eigenvalue weighted by Gasteiger charge is -2.14. The van der Waals surface area contributed by atoms with E-state index >= 15 is 0 Å². The van der Waals surface area contributed by atoms with Gasteiger partial charge in [0.15, 0.2) is 0 Å². The Kier molecular flexibility index (Phi) is 7.08. The molecule has 0 atom stereocenters. The second-order valence-electron chi connectivity index (χ2n) is 6.92. The number of nitrogen functional groups attached to an aromatic ring is 1. The molecule has 162 valence electrons. The third kappa shape index (κ3) is 4.56. The average Bonchev–Trinajstić information content (AvgIpc) is 2.79. The normalized spacial score (nSPS) is 10.2. The van der Waals surface area contributed by atoms with E-state index in [1.807, 2.05) is 61.5 Å². The average molecular weight is 447 g/mol. The third-order valence-electron chi connectivity index (χ3n) is 4.90. The number of nitrogens with two attached hydrogens (primary N) is 1. The number of aryl methyl sites for hydroxylation is 2. The number of nitrogens with one attached hydrogen (secondary N) is 1. The summed E-state index contributed by atoms with van der Waals surface area (Å²) in [6, 6.07) is 19.2. The maximum atomic E-state index is 12.8. The fourth-order valence-electron chi connectivity index (χ4n) is 3.34. The number of halogens is 1. The van der Waals surface area contributed by atoms with Crippen molar-refractivity contribution in [2.24, 2.45) is 0 Å². The van der Waals surface area contributed by atoms with Gasteiger partial charge < -0.3 is 11.1 Å². The molecule has 0 unspecified atom stereocenters. The van der Waals surface area contributed by atoms with Crippen LogP contribution in [0.25, 0.3) is 16.5 Å². The van der Waals surface area contributed by atoms with Crippen molar-refractivity contribution in [2.45, 2.75) is 20.3 Å². The Morgan fingerprint density at radius 2 is 1.88 bits per heavy atom. The van der Waals surface area contributed by atoms with Crippen molar-refractivity contribution in [2.75, 3.05) is 18.1 Å². The molecule has 32 heavy (non-hydrogen) atoms. The largest absolute Gasteiger partial charge is 0.382 e. The van der Waals surface area contributed by atoms with E-state index in [1.54, 1.807) is 24.6 Å². The molecule has 0 radical (unpaired) electrons. The quantitative estimate of drug-likeness (QED) is 0.480. The summed E-state index contributed by atoms with van der Waals surface area (Å²) < 4.78 is 1.74. The summed E-state index contributed by atoms with van der Waals surface area (Å²) in [7, 11) is 1.69. The van der Waals surface area contributed by atoms with Gasteiger partial charge in [-0.05, 0) is 43.0 Å². The van der Waals surface area contributed by atoms with Gasteiger partial charge in [-0.25, -0.2) is 4.98 Å². The van der Waals surface area contributed by atoms with Crippen LogP contribution in [-0.2, 0) is 6.42 Å². The molecule has 2 heterocycles. The van der Waals surface area contributed by atoms with Crippen LogP contribution in [0.4, 0.5) is 11.8 Å². The van der Waals surface area contributed by atoms with Crippen LogP contribution in [0.15, 0.2) is 59.4 Å². The lowest BCUT2D eigenvalue weighted by Crippen LogP contribution is -2.22. The molecule has 0 amide bonds. The zero-order valence-electron chi connectivity index (χ0n) is 18.1. The highest BCUT2D eigenvalue weighted by Crippen LogP contribution is 2.22. The van der Waals surface area contributed by atoms with Gasteiger partial charge in [0.2, 0.25) is 5.95 Å². The Labute approximate surface area is 191 Å². The lowest BCUT2D eigenvalue weighted by atomic mass is 10.1. The van der Waals surface area contributed by atoms with Crippen molar-refractivity contribution in [1.29, 1.82) is 5.26 Å². The Morgan fingerprint density at radius 3 is 2.47 bits per heavy atom. The SMILES string of the molecule is CCc1cc2cccc(Cl)c2c(=O)n1-c1ccccc1.CNc1nc(C)c(C#N)c(N)n1. The fraction of sp³-hybridized carbons (Fsp3) is 0.167. The van der Waals surface area contributed by atoms with Gasteiger partial charge in [-0.2, -0.15) is 10.2 Å². The summed E-state index contributed by atoms with van der Waals surface area (Å²) in [6.07, 6.45) is 0.784. The Morgan fingerprint density at radius 1 is 1.16 bits per heavy atom. The van der Waals surface area contributed by atoms with E-state index in [-0.39, 0.29) is 11.4 Å². The highest BCUT2D eigenvalue weighted by molar-refractivity contribution is 6.35. The molecular weight excluding hydrogens is 424 g/mol. The van der Waals surface area contributed by atoms with E-state index in [0.29, 0.717) is 27.6 Å². The summed E-state index contributed by atoms with van der Waals surface area (Å²) in [5.41, 5.74) is 8.22. The molecule has 8 heteroatoms. The summed E-state index contributed by atoms with van der Waals surface area (Å²) >= 11 is 6.20. The minimum absolute atomic E-state index is 0.0591. The Hall–Kier alpha value is -3.89. The van der Waals surface area contributed by atoms with Gasteiger partial charge in [-0.3, -0.25) is 9.36 Å². The molecule has 0 aliphatic rings. The molecule has 0 fully saturated rings. The number of hydrogen-bond donors (Lipinski definition) is 2. The van der Waals surface area contributed by atoms with Crippen LogP contribution in [-0.4, -0.2) is 21.6 Å². The molecule has 2 aromatic carbocycles. The standard InChI is InChI=1S/C17H14ClNO.C7H9N5/c1-2-13-11-12-7-6-10-15(18)16(12)17(20)19(13)14-8-4-3-5-9-14;1-4-5(3-8)6(9)12-7(10-2)11-4/h3-11H,2H2,1H3;1-2H3,(H3,9,10,11,12). The van der Waals surface area contributed by atoms with E-state index in [1.165, 1.54) is 0 Å². The smallest absolute Gasteiger partial charge is 0.264 e. The van der Waals surface area contributed by atoms with Crippen LogP contribution in [0.2, 0.25) is 5.02 Å². The number of rotatable bonds is 3. The zero-order valence-corrected chi connectivity index (χ0v) is 18.8. The minimum atomic E-state index is -0.0591. The molecular formula is C24H23ClN6O. The van der Waals surface area contributed by atoms with E-state index in [4.69, 9.17) is 22.6 Å². The Bertz CT molecular complexity index is 1340. The van der Waals surface area contributed by atoms with Gasteiger partial charge in [0.05, 0.1) is 16.1 Å². The third-order valence-corrected chi connectivity index (χ3v) is 5.22. The maximum Gasteiger partial charge on any atom is 0.264 e. The topological polar surface area (TPSA) is 110 Å². The fourth-order valence-corrected chi connectivity index (χ4v) is 3.60. The van der Waals surface area contributed by atoms with Crippen molar-refractivity contribution < 1.29 is 0 Å². The molecule has 7 nitrogen and oxygen atoms in total. The van der Waals surface area contributed by atoms with Crippen LogP contribution in [0.5, 0.6) is 0 Å². The monoisotopic (exact) mass is 446 g/mol. The van der Waals surface area contributed by atoms with E-state index in [9.17, 15) is 4.79 Å². The molecule has 0 aliphatic carbocycles. The zero-order chi connectivity index (χ0) is 23.3. The summed E-state index contributed by atoms with van der Waals surface area (Å²) in [4.78, 5) is 20.7. The summed E-state index contributed by atoms with van der Waals surface area (Å²) in [6.45, 7) is 3.77. The Balaban J connectivity index is 0.000000207. The highest BCUT2D eigenvalue weighted by Gasteiger charge is 2.12. The number of benzene rings is 2. The van der Waals surface area contributed by atoms with Crippen molar-refractivity contribution in [3.8, 4) is 11.8 Å². The summed E-state index contributed by atoms with van der Waals surface area (Å²) in [5.74, 6) is 0.651. The van der Waals surface area contributed by atoms with Crippen LogP contribution in [0, 0.1) is 18.3 Å². The predicted octanol–water partition coefficient (Wildman–Crippen LogP) is 4.49. The molecule has 0 saturated heterocycles. The van der Waals surface area contributed by atoms with Crippen LogP contribution in [0.3, 0.4) is 0 Å². The number of nitriles is 1. The first-order valence-corrected chi connectivity index (χ1v) is 10.4. The number of nitrogens with zero attached hydrogens (tertiary/aromatic N) is 4. The second-order valence-corrected chi connectivity index (χ2v) is 7.33. The molecule has 0 bridgehead atoms. The number of fused-ring (bicyclic) bond motifs is 1. The molecule has 4 aromatic rings. The molecule has 0 aliphatic heterocycles. The predicted molar refractivity (Wildman–Crippen MR) is 129 cm³/mol. The maximum absolute atomic E-state index is 12.8. The number of para-hydroxylation sites is 1. The number of hydrogen-bond acceptors (Lipinski definition) is 6. The van der Waals surface area contributed by atoms with Crippen molar-refractivity contribution in [3.63, 3.8) is 0 Å². The molecule has 2 aromatic heterocycles. The van der Waals surface area contributed by atoms with Gasteiger partial charge >= 0.3 is 0 Å². The highest BCUT2D eigenvalue weighted by atomic mass is 35.5. The molecule has 0 saturated carbocycles. The van der Waals surface area contributed by atoms with Crippen molar-refractivity contribution in [1.82, 2.24) is 14.5 Å². The van der Waals surface area contributed by atoms with Crippen LogP contribution >= 0.6 is 11.6 Å². The van der Waals surface area contributed by atoms with E-state index in [0.717, 1.165) is 23.2 Å².